The van der Waals surface area contributed by atoms with Gasteiger partial charge in [-0.2, -0.15) is 0 Å². The van der Waals surface area contributed by atoms with Crippen LogP contribution in [0.25, 0.3) is 0 Å². The van der Waals surface area contributed by atoms with Crippen molar-refractivity contribution in [3.63, 3.8) is 0 Å². The second kappa shape index (κ2) is 3.96. The molecule has 0 radical (unpaired) electrons. The van der Waals surface area contributed by atoms with E-state index in [1.54, 1.807) is 0 Å². The van der Waals surface area contributed by atoms with Crippen molar-refractivity contribution in [2.45, 2.75) is 64.6 Å². The first-order valence-corrected chi connectivity index (χ1v) is 7.40. The Hall–Kier alpha value is -0.0800. The van der Waals surface area contributed by atoms with Crippen molar-refractivity contribution < 1.29 is 4.74 Å². The molecule has 98 valence electrons. The summed E-state index contributed by atoms with van der Waals surface area (Å²) in [6, 6.07) is 0. The van der Waals surface area contributed by atoms with E-state index < -0.39 is 0 Å². The highest BCUT2D eigenvalue weighted by molar-refractivity contribution is 5.04. The SMILES string of the molecule is CC1(OC2CCC3CC2C3(C)C)CCNCC1. The molecule has 1 saturated heterocycles. The minimum absolute atomic E-state index is 0.147. The van der Waals surface area contributed by atoms with Gasteiger partial charge in [0.15, 0.2) is 0 Å². The first-order valence-electron chi connectivity index (χ1n) is 7.40. The second-order valence-corrected chi connectivity index (χ2v) is 7.29. The predicted molar refractivity (Wildman–Crippen MR) is 70.0 cm³/mol. The molecule has 4 fully saturated rings. The van der Waals surface area contributed by atoms with E-state index in [0.717, 1.165) is 24.9 Å². The van der Waals surface area contributed by atoms with E-state index in [9.17, 15) is 0 Å². The molecule has 0 amide bonds. The molecule has 4 aliphatic rings. The van der Waals surface area contributed by atoms with E-state index in [1.807, 2.05) is 0 Å². The van der Waals surface area contributed by atoms with Crippen LogP contribution in [-0.4, -0.2) is 24.8 Å². The highest BCUT2D eigenvalue weighted by Crippen LogP contribution is 2.60. The largest absolute Gasteiger partial charge is 0.372 e. The maximum atomic E-state index is 6.57. The quantitative estimate of drug-likeness (QED) is 0.797. The Morgan fingerprint density at radius 1 is 1.06 bits per heavy atom. The standard InChI is InChI=1S/C15H27NO/c1-14(2)11-4-5-13(12(14)10-11)17-15(3)6-8-16-9-7-15/h11-13,16H,4-10H2,1-3H3. The summed E-state index contributed by atoms with van der Waals surface area (Å²) < 4.78 is 6.57. The van der Waals surface area contributed by atoms with Crippen molar-refractivity contribution in [2.24, 2.45) is 17.3 Å². The Labute approximate surface area is 105 Å². The van der Waals surface area contributed by atoms with Crippen LogP contribution in [0.3, 0.4) is 0 Å². The molecule has 2 bridgehead atoms. The van der Waals surface area contributed by atoms with Crippen LogP contribution in [-0.2, 0) is 4.74 Å². The van der Waals surface area contributed by atoms with Crippen molar-refractivity contribution in [2.75, 3.05) is 13.1 Å². The number of rotatable bonds is 2. The molecule has 1 heterocycles. The van der Waals surface area contributed by atoms with Gasteiger partial charge < -0.3 is 10.1 Å². The molecule has 1 N–H and O–H groups in total. The average molecular weight is 237 g/mol. The lowest BCUT2D eigenvalue weighted by Gasteiger charge is -2.60. The number of hydrogen-bond donors (Lipinski definition) is 1. The fourth-order valence-electron chi connectivity index (χ4n) is 4.32. The van der Waals surface area contributed by atoms with E-state index in [-0.39, 0.29) is 5.60 Å². The zero-order valence-electron chi connectivity index (χ0n) is 11.6. The molecule has 2 heteroatoms. The Morgan fingerprint density at radius 3 is 2.35 bits per heavy atom. The average Bonchev–Trinajstić information content (AvgIpc) is 2.29. The van der Waals surface area contributed by atoms with Crippen LogP contribution in [0.1, 0.15) is 52.9 Å². The van der Waals surface area contributed by atoms with Crippen molar-refractivity contribution in [3.05, 3.63) is 0 Å². The van der Waals surface area contributed by atoms with E-state index in [2.05, 4.69) is 26.1 Å². The molecule has 0 aromatic heterocycles. The maximum Gasteiger partial charge on any atom is 0.0682 e. The van der Waals surface area contributed by atoms with Crippen LogP contribution in [0, 0.1) is 17.3 Å². The van der Waals surface area contributed by atoms with Crippen LogP contribution in [0.2, 0.25) is 0 Å². The molecule has 4 rings (SSSR count). The Balaban J connectivity index is 1.65. The molecule has 3 unspecified atom stereocenters. The second-order valence-electron chi connectivity index (χ2n) is 7.29. The molecule has 3 atom stereocenters. The minimum atomic E-state index is 0.147. The summed E-state index contributed by atoms with van der Waals surface area (Å²) >= 11 is 0. The van der Waals surface area contributed by atoms with E-state index >= 15 is 0 Å². The summed E-state index contributed by atoms with van der Waals surface area (Å²) in [6.45, 7) is 9.48. The maximum absolute atomic E-state index is 6.57. The van der Waals surface area contributed by atoms with Crippen LogP contribution >= 0.6 is 0 Å². The van der Waals surface area contributed by atoms with E-state index in [1.165, 1.54) is 32.1 Å². The third kappa shape index (κ3) is 1.94. The fourth-order valence-corrected chi connectivity index (χ4v) is 4.32. The van der Waals surface area contributed by atoms with Crippen molar-refractivity contribution >= 4 is 0 Å². The summed E-state index contributed by atoms with van der Waals surface area (Å²) in [5.74, 6) is 1.81. The van der Waals surface area contributed by atoms with Gasteiger partial charge in [0.05, 0.1) is 11.7 Å². The van der Waals surface area contributed by atoms with E-state index in [0.29, 0.717) is 11.5 Å². The molecule has 1 aliphatic heterocycles. The lowest BCUT2D eigenvalue weighted by atomic mass is 9.48. The van der Waals surface area contributed by atoms with Gasteiger partial charge >= 0.3 is 0 Å². The zero-order chi connectivity index (χ0) is 12.1. The topological polar surface area (TPSA) is 21.3 Å². The van der Waals surface area contributed by atoms with Crippen LogP contribution in [0.5, 0.6) is 0 Å². The molecule has 0 aromatic carbocycles. The molecule has 0 spiro atoms. The normalized spacial score (nSPS) is 42.9. The van der Waals surface area contributed by atoms with Gasteiger partial charge in [-0.1, -0.05) is 13.8 Å². The monoisotopic (exact) mass is 237 g/mol. The minimum Gasteiger partial charge on any atom is -0.372 e. The molecule has 17 heavy (non-hydrogen) atoms. The lowest BCUT2D eigenvalue weighted by molar-refractivity contribution is -0.208. The van der Waals surface area contributed by atoms with Gasteiger partial charge in [0.1, 0.15) is 0 Å². The molecule has 3 aliphatic carbocycles. The zero-order valence-corrected chi connectivity index (χ0v) is 11.6. The molecular weight excluding hydrogens is 210 g/mol. The van der Waals surface area contributed by atoms with Gasteiger partial charge in [-0.3, -0.25) is 0 Å². The van der Waals surface area contributed by atoms with Gasteiger partial charge in [-0.05, 0) is 69.4 Å². The van der Waals surface area contributed by atoms with Gasteiger partial charge in [0.25, 0.3) is 0 Å². The highest BCUT2D eigenvalue weighted by atomic mass is 16.5. The van der Waals surface area contributed by atoms with Crippen LogP contribution in [0.15, 0.2) is 0 Å². The number of nitrogens with one attached hydrogen (secondary N) is 1. The summed E-state index contributed by atoms with van der Waals surface area (Å²) in [5, 5.41) is 3.43. The predicted octanol–water partition coefficient (Wildman–Crippen LogP) is 2.97. The number of ether oxygens (including phenoxy) is 1. The number of hydrogen-bond acceptors (Lipinski definition) is 2. The van der Waals surface area contributed by atoms with Crippen molar-refractivity contribution in [1.82, 2.24) is 5.32 Å². The molecular formula is C15H27NO. The van der Waals surface area contributed by atoms with Gasteiger partial charge in [0.2, 0.25) is 0 Å². The lowest BCUT2D eigenvalue weighted by Crippen LogP contribution is -2.57. The van der Waals surface area contributed by atoms with Crippen molar-refractivity contribution in [1.29, 1.82) is 0 Å². The summed E-state index contributed by atoms with van der Waals surface area (Å²) in [4.78, 5) is 0. The Bertz CT molecular complexity index is 291. The Morgan fingerprint density at radius 2 is 1.76 bits per heavy atom. The smallest absolute Gasteiger partial charge is 0.0682 e. The summed E-state index contributed by atoms with van der Waals surface area (Å²) in [7, 11) is 0. The van der Waals surface area contributed by atoms with Crippen molar-refractivity contribution in [3.8, 4) is 0 Å². The van der Waals surface area contributed by atoms with Crippen LogP contribution < -0.4 is 5.32 Å². The van der Waals surface area contributed by atoms with Crippen LogP contribution in [0.4, 0.5) is 0 Å². The first-order chi connectivity index (χ1) is 8.01. The Kier molecular flexibility index (Phi) is 2.79. The van der Waals surface area contributed by atoms with Gasteiger partial charge in [0, 0.05) is 0 Å². The molecule has 2 nitrogen and oxygen atoms in total. The first kappa shape index (κ1) is 12.0. The summed E-state index contributed by atoms with van der Waals surface area (Å²) in [5.41, 5.74) is 0.695. The van der Waals surface area contributed by atoms with Gasteiger partial charge in [-0.15, -0.1) is 0 Å². The third-order valence-electron chi connectivity index (χ3n) is 5.89. The molecule has 3 saturated carbocycles. The number of fused-ring (bicyclic) bond motifs is 2. The van der Waals surface area contributed by atoms with Gasteiger partial charge in [-0.25, -0.2) is 0 Å². The summed E-state index contributed by atoms with van der Waals surface area (Å²) in [6.07, 6.45) is 7.02. The molecule has 0 aromatic rings. The highest BCUT2D eigenvalue weighted by Gasteiger charge is 2.55. The third-order valence-corrected chi connectivity index (χ3v) is 5.89. The van der Waals surface area contributed by atoms with E-state index in [4.69, 9.17) is 4.74 Å². The fraction of sp³-hybridized carbons (Fsp3) is 1.00. The number of piperidine rings is 1.